The van der Waals surface area contributed by atoms with Gasteiger partial charge in [-0.1, -0.05) is 6.07 Å². The molecule has 1 atom stereocenters. The summed E-state index contributed by atoms with van der Waals surface area (Å²) >= 11 is 0. The van der Waals surface area contributed by atoms with E-state index in [1.54, 1.807) is 6.07 Å². The van der Waals surface area contributed by atoms with Crippen molar-refractivity contribution >= 4 is 15.2 Å². The first-order valence-corrected chi connectivity index (χ1v) is 3.02. The zero-order chi connectivity index (χ0) is 6.69. The van der Waals surface area contributed by atoms with Gasteiger partial charge in [-0.05, 0) is 12.1 Å². The molecule has 3 heteroatoms. The van der Waals surface area contributed by atoms with E-state index in [4.69, 9.17) is 10.3 Å². The number of benzene rings is 1. The van der Waals surface area contributed by atoms with Crippen molar-refractivity contribution in [2.24, 2.45) is 0 Å². The number of rotatable bonds is 1. The maximum Gasteiger partial charge on any atom is 0.124 e. The molecule has 0 aliphatic heterocycles. The highest BCUT2D eigenvalue weighted by Crippen LogP contribution is 2.15. The first-order chi connectivity index (χ1) is 4.33. The number of nitrogen functional groups attached to an aromatic ring is 1. The van der Waals surface area contributed by atoms with Gasteiger partial charge in [-0.25, -0.2) is 0 Å². The van der Waals surface area contributed by atoms with Gasteiger partial charge >= 0.3 is 0 Å². The van der Waals surface area contributed by atoms with Crippen molar-refractivity contribution in [2.45, 2.75) is 0 Å². The molecule has 0 aliphatic rings. The second kappa shape index (κ2) is 2.70. The summed E-state index contributed by atoms with van der Waals surface area (Å²) in [5, 5.41) is 0. The molecular formula is C6H8NOP. The predicted molar refractivity (Wildman–Crippen MR) is 41.2 cm³/mol. The van der Waals surface area contributed by atoms with Crippen molar-refractivity contribution in [3.8, 4) is 5.75 Å². The first-order valence-electron chi connectivity index (χ1n) is 2.55. The number of hydrogen-bond donors (Lipinski definition) is 1. The predicted octanol–water partition coefficient (Wildman–Crippen LogP) is 1.44. The summed E-state index contributed by atoms with van der Waals surface area (Å²) in [7, 11) is 2.16. The largest absolute Gasteiger partial charge is 0.480 e. The minimum absolute atomic E-state index is 0.718. The molecule has 1 rings (SSSR count). The third-order valence-electron chi connectivity index (χ3n) is 0.994. The minimum Gasteiger partial charge on any atom is -0.480 e. The van der Waals surface area contributed by atoms with Crippen LogP contribution in [0.5, 0.6) is 5.75 Å². The molecule has 1 aromatic rings. The average Bonchev–Trinajstić information content (AvgIpc) is 1.88. The smallest absolute Gasteiger partial charge is 0.124 e. The summed E-state index contributed by atoms with van der Waals surface area (Å²) in [6.07, 6.45) is 0. The highest BCUT2D eigenvalue weighted by molar-refractivity contribution is 7.10. The molecule has 0 radical (unpaired) electrons. The van der Waals surface area contributed by atoms with E-state index in [1.165, 1.54) is 0 Å². The lowest BCUT2D eigenvalue weighted by atomic mass is 10.3. The second-order valence-corrected chi connectivity index (χ2v) is 1.93. The summed E-state index contributed by atoms with van der Waals surface area (Å²) < 4.78 is 4.83. The van der Waals surface area contributed by atoms with Crippen molar-refractivity contribution in [1.29, 1.82) is 0 Å². The van der Waals surface area contributed by atoms with Crippen LogP contribution in [-0.2, 0) is 0 Å². The van der Waals surface area contributed by atoms with Gasteiger partial charge < -0.3 is 10.3 Å². The normalized spacial score (nSPS) is 9.00. The summed E-state index contributed by atoms with van der Waals surface area (Å²) in [4.78, 5) is 0. The Morgan fingerprint density at radius 2 is 2.22 bits per heavy atom. The van der Waals surface area contributed by atoms with Gasteiger partial charge in [0.05, 0.1) is 9.47 Å². The van der Waals surface area contributed by atoms with Gasteiger partial charge in [0, 0.05) is 11.8 Å². The third kappa shape index (κ3) is 1.58. The molecule has 0 amide bonds. The second-order valence-electron chi connectivity index (χ2n) is 1.69. The van der Waals surface area contributed by atoms with Gasteiger partial charge in [-0.15, -0.1) is 0 Å². The monoisotopic (exact) mass is 141 g/mol. The summed E-state index contributed by atoms with van der Waals surface area (Å²) in [6, 6.07) is 7.25. The number of nitrogens with two attached hydrogens (primary N) is 1. The van der Waals surface area contributed by atoms with E-state index in [1.807, 2.05) is 18.2 Å². The molecule has 0 bridgehead atoms. The van der Waals surface area contributed by atoms with Gasteiger partial charge in [0.15, 0.2) is 0 Å². The summed E-state index contributed by atoms with van der Waals surface area (Å²) in [6.45, 7) is 0. The van der Waals surface area contributed by atoms with Crippen LogP contribution in [0.25, 0.3) is 0 Å². The van der Waals surface area contributed by atoms with Crippen LogP contribution in [0.3, 0.4) is 0 Å². The van der Waals surface area contributed by atoms with Crippen molar-refractivity contribution in [3.63, 3.8) is 0 Å². The van der Waals surface area contributed by atoms with E-state index < -0.39 is 0 Å². The lowest BCUT2D eigenvalue weighted by Crippen LogP contribution is -1.82. The fourth-order valence-electron chi connectivity index (χ4n) is 0.588. The Morgan fingerprint density at radius 3 is 2.67 bits per heavy atom. The summed E-state index contributed by atoms with van der Waals surface area (Å²) in [5.74, 6) is 0.764. The van der Waals surface area contributed by atoms with E-state index in [2.05, 4.69) is 9.47 Å². The highest BCUT2D eigenvalue weighted by atomic mass is 31.0. The van der Waals surface area contributed by atoms with Crippen molar-refractivity contribution in [2.75, 3.05) is 5.73 Å². The lowest BCUT2D eigenvalue weighted by molar-refractivity contribution is 0.646. The van der Waals surface area contributed by atoms with Crippen LogP contribution in [0.15, 0.2) is 24.3 Å². The molecule has 2 N–H and O–H groups in total. The van der Waals surface area contributed by atoms with Crippen LogP contribution in [0.2, 0.25) is 0 Å². The Morgan fingerprint density at radius 1 is 1.44 bits per heavy atom. The maximum atomic E-state index is 5.44. The van der Waals surface area contributed by atoms with E-state index >= 15 is 0 Å². The topological polar surface area (TPSA) is 35.2 Å². The maximum absolute atomic E-state index is 5.44. The van der Waals surface area contributed by atoms with E-state index in [9.17, 15) is 0 Å². The fraction of sp³-hybridized carbons (Fsp3) is 0. The Bertz CT molecular complexity index is 202. The molecule has 0 aliphatic carbocycles. The van der Waals surface area contributed by atoms with Crippen LogP contribution >= 0.6 is 9.47 Å². The Hall–Kier alpha value is -0.750. The van der Waals surface area contributed by atoms with Gasteiger partial charge in [-0.3, -0.25) is 0 Å². The zero-order valence-corrected chi connectivity index (χ0v) is 6.03. The summed E-state index contributed by atoms with van der Waals surface area (Å²) in [5.41, 5.74) is 6.16. The Kier molecular flexibility index (Phi) is 1.91. The van der Waals surface area contributed by atoms with E-state index in [-0.39, 0.29) is 0 Å². The SMILES string of the molecule is Nc1cccc(OP)c1. The molecule has 0 saturated heterocycles. The molecule has 0 spiro atoms. The molecule has 1 aromatic carbocycles. The van der Waals surface area contributed by atoms with Crippen LogP contribution < -0.4 is 10.3 Å². The highest BCUT2D eigenvalue weighted by Gasteiger charge is 1.87. The van der Waals surface area contributed by atoms with Crippen molar-refractivity contribution in [1.82, 2.24) is 0 Å². The molecular weight excluding hydrogens is 133 g/mol. The van der Waals surface area contributed by atoms with Gasteiger partial charge in [0.25, 0.3) is 0 Å². The number of anilines is 1. The molecule has 0 heterocycles. The molecule has 0 aromatic heterocycles. The van der Waals surface area contributed by atoms with Crippen molar-refractivity contribution in [3.05, 3.63) is 24.3 Å². The average molecular weight is 141 g/mol. The first kappa shape index (κ1) is 6.37. The van der Waals surface area contributed by atoms with E-state index in [0.717, 1.165) is 11.4 Å². The molecule has 48 valence electrons. The van der Waals surface area contributed by atoms with Crippen molar-refractivity contribution < 1.29 is 4.52 Å². The lowest BCUT2D eigenvalue weighted by Gasteiger charge is -1.97. The minimum atomic E-state index is 0.718. The molecule has 2 nitrogen and oxygen atoms in total. The van der Waals surface area contributed by atoms with Crippen LogP contribution in [-0.4, -0.2) is 0 Å². The molecule has 0 saturated carbocycles. The molecule has 1 unspecified atom stereocenters. The fourth-order valence-corrected chi connectivity index (χ4v) is 0.734. The van der Waals surface area contributed by atoms with Crippen LogP contribution in [0.4, 0.5) is 5.69 Å². The number of hydrogen-bond acceptors (Lipinski definition) is 2. The third-order valence-corrected chi connectivity index (χ3v) is 1.27. The molecule has 0 fully saturated rings. The quantitative estimate of drug-likeness (QED) is 0.474. The van der Waals surface area contributed by atoms with E-state index in [0.29, 0.717) is 0 Å². The van der Waals surface area contributed by atoms with Gasteiger partial charge in [0.2, 0.25) is 0 Å². The van der Waals surface area contributed by atoms with Crippen LogP contribution in [0.1, 0.15) is 0 Å². The van der Waals surface area contributed by atoms with Gasteiger partial charge in [0.1, 0.15) is 5.75 Å². The Labute approximate surface area is 56.3 Å². The molecule has 9 heavy (non-hydrogen) atoms. The standard InChI is InChI=1S/C6H8NOP/c7-5-2-1-3-6(4-5)8-9/h1-4H,7,9H2. The van der Waals surface area contributed by atoms with Gasteiger partial charge in [-0.2, -0.15) is 0 Å². The zero-order valence-electron chi connectivity index (χ0n) is 4.87. The van der Waals surface area contributed by atoms with Crippen LogP contribution in [0, 0.1) is 0 Å². The Balaban J connectivity index is 2.94.